The van der Waals surface area contributed by atoms with Crippen molar-refractivity contribution in [2.45, 2.75) is 0 Å². The Morgan fingerprint density at radius 1 is 1.62 bits per heavy atom. The van der Waals surface area contributed by atoms with Crippen molar-refractivity contribution in [1.29, 1.82) is 5.26 Å². The van der Waals surface area contributed by atoms with Crippen LogP contribution in [-0.4, -0.2) is 11.2 Å². The SMILES string of the molecule is N#Cc1cc(F)ccc1NC(=O)O. The summed E-state index contributed by atoms with van der Waals surface area (Å²) in [6.45, 7) is 0. The van der Waals surface area contributed by atoms with Crippen LogP contribution in [0.1, 0.15) is 5.56 Å². The van der Waals surface area contributed by atoms with Crippen molar-refractivity contribution in [2.75, 3.05) is 5.32 Å². The van der Waals surface area contributed by atoms with Crippen molar-refractivity contribution in [1.82, 2.24) is 0 Å². The van der Waals surface area contributed by atoms with Crippen molar-refractivity contribution in [2.24, 2.45) is 0 Å². The molecule has 0 saturated heterocycles. The molecule has 0 unspecified atom stereocenters. The highest BCUT2D eigenvalue weighted by molar-refractivity contribution is 5.84. The zero-order valence-corrected chi connectivity index (χ0v) is 6.41. The maximum absolute atomic E-state index is 12.5. The predicted octanol–water partition coefficient (Wildman–Crippen LogP) is 1.79. The molecule has 0 spiro atoms. The molecule has 0 aliphatic heterocycles. The Kier molecular flexibility index (Phi) is 2.45. The molecule has 0 bridgehead atoms. The number of nitrogens with one attached hydrogen (secondary N) is 1. The van der Waals surface area contributed by atoms with Gasteiger partial charge in [0.15, 0.2) is 0 Å². The minimum atomic E-state index is -1.29. The van der Waals surface area contributed by atoms with Gasteiger partial charge in [0.1, 0.15) is 11.9 Å². The van der Waals surface area contributed by atoms with Crippen LogP contribution in [0.5, 0.6) is 0 Å². The van der Waals surface area contributed by atoms with Crippen molar-refractivity contribution < 1.29 is 14.3 Å². The lowest BCUT2D eigenvalue weighted by atomic mass is 10.2. The molecule has 0 aliphatic carbocycles. The van der Waals surface area contributed by atoms with E-state index in [4.69, 9.17) is 10.4 Å². The lowest BCUT2D eigenvalue weighted by molar-refractivity contribution is 0.209. The van der Waals surface area contributed by atoms with Gasteiger partial charge in [0.25, 0.3) is 0 Å². The molecule has 0 aromatic heterocycles. The average Bonchev–Trinajstić information content (AvgIpc) is 2.07. The van der Waals surface area contributed by atoms with E-state index in [0.29, 0.717) is 0 Å². The number of rotatable bonds is 1. The van der Waals surface area contributed by atoms with E-state index >= 15 is 0 Å². The number of carbonyl (C=O) groups is 1. The van der Waals surface area contributed by atoms with Gasteiger partial charge < -0.3 is 5.11 Å². The number of hydrogen-bond donors (Lipinski definition) is 2. The van der Waals surface area contributed by atoms with Crippen LogP contribution < -0.4 is 5.32 Å². The average molecular weight is 180 g/mol. The number of nitrogens with zero attached hydrogens (tertiary/aromatic N) is 1. The molecule has 0 aliphatic rings. The molecule has 1 aromatic rings. The summed E-state index contributed by atoms with van der Waals surface area (Å²) in [5.74, 6) is -0.576. The first-order valence-electron chi connectivity index (χ1n) is 3.33. The molecule has 1 rings (SSSR count). The van der Waals surface area contributed by atoms with Crippen LogP contribution in [0.4, 0.5) is 14.9 Å². The first-order valence-corrected chi connectivity index (χ1v) is 3.33. The van der Waals surface area contributed by atoms with Crippen LogP contribution in [0.2, 0.25) is 0 Å². The normalized spacial score (nSPS) is 8.92. The minimum absolute atomic E-state index is 0.0394. The van der Waals surface area contributed by atoms with Crippen LogP contribution in [0, 0.1) is 17.1 Å². The topological polar surface area (TPSA) is 73.1 Å². The lowest BCUT2D eigenvalue weighted by Gasteiger charge is -2.01. The quantitative estimate of drug-likeness (QED) is 0.691. The van der Waals surface area contributed by atoms with Gasteiger partial charge in [-0.1, -0.05) is 0 Å². The number of hydrogen-bond acceptors (Lipinski definition) is 2. The monoisotopic (exact) mass is 180 g/mol. The van der Waals surface area contributed by atoms with Gasteiger partial charge in [-0.05, 0) is 18.2 Å². The van der Waals surface area contributed by atoms with Crippen LogP contribution in [0.25, 0.3) is 0 Å². The molecule has 0 fully saturated rings. The van der Waals surface area contributed by atoms with E-state index in [1.165, 1.54) is 6.07 Å². The molecule has 5 heteroatoms. The third-order valence-corrected chi connectivity index (χ3v) is 1.34. The summed E-state index contributed by atoms with van der Waals surface area (Å²) >= 11 is 0. The smallest absolute Gasteiger partial charge is 0.409 e. The molecule has 0 atom stereocenters. The second-order valence-electron chi connectivity index (χ2n) is 2.23. The van der Waals surface area contributed by atoms with Crippen molar-refractivity contribution in [3.05, 3.63) is 29.6 Å². The minimum Gasteiger partial charge on any atom is -0.465 e. The number of amides is 1. The number of carboxylic acid groups (broad SMARTS) is 1. The van der Waals surface area contributed by atoms with Gasteiger partial charge in [-0.3, -0.25) is 5.32 Å². The summed E-state index contributed by atoms with van der Waals surface area (Å²) in [4.78, 5) is 10.2. The highest BCUT2D eigenvalue weighted by atomic mass is 19.1. The Balaban J connectivity index is 3.08. The second-order valence-corrected chi connectivity index (χ2v) is 2.23. The Morgan fingerprint density at radius 2 is 2.31 bits per heavy atom. The van der Waals surface area contributed by atoms with Gasteiger partial charge in [-0.2, -0.15) is 5.26 Å². The predicted molar refractivity (Wildman–Crippen MR) is 42.8 cm³/mol. The first-order chi connectivity index (χ1) is 6.13. The van der Waals surface area contributed by atoms with Gasteiger partial charge >= 0.3 is 6.09 Å². The molecule has 4 nitrogen and oxygen atoms in total. The Hall–Kier alpha value is -2.09. The number of anilines is 1. The highest BCUT2D eigenvalue weighted by Crippen LogP contribution is 2.15. The molecule has 0 heterocycles. The van der Waals surface area contributed by atoms with E-state index in [0.717, 1.165) is 12.1 Å². The van der Waals surface area contributed by atoms with Gasteiger partial charge in [-0.15, -0.1) is 0 Å². The molecule has 0 saturated carbocycles. The summed E-state index contributed by atoms with van der Waals surface area (Å²) < 4.78 is 12.5. The number of benzene rings is 1. The van der Waals surface area contributed by atoms with E-state index in [9.17, 15) is 9.18 Å². The molecule has 13 heavy (non-hydrogen) atoms. The molecule has 2 N–H and O–H groups in total. The van der Waals surface area contributed by atoms with Crippen LogP contribution in [0.3, 0.4) is 0 Å². The van der Waals surface area contributed by atoms with Gasteiger partial charge in [-0.25, -0.2) is 9.18 Å². The zero-order chi connectivity index (χ0) is 9.84. The van der Waals surface area contributed by atoms with E-state index in [-0.39, 0.29) is 11.3 Å². The summed E-state index contributed by atoms with van der Waals surface area (Å²) in [5.41, 5.74) is 0.0406. The molecular formula is C8H5FN2O2. The van der Waals surface area contributed by atoms with E-state index in [2.05, 4.69) is 0 Å². The van der Waals surface area contributed by atoms with Gasteiger partial charge in [0.05, 0.1) is 11.3 Å². The zero-order valence-electron chi connectivity index (χ0n) is 6.41. The Bertz CT molecular complexity index is 384. The summed E-state index contributed by atoms with van der Waals surface area (Å²) in [7, 11) is 0. The summed E-state index contributed by atoms with van der Waals surface area (Å²) in [6, 6.07) is 4.91. The standard InChI is InChI=1S/C8H5FN2O2/c9-6-1-2-7(11-8(12)13)5(3-6)4-10/h1-3,11H,(H,12,13). The van der Waals surface area contributed by atoms with Crippen molar-refractivity contribution in [3.8, 4) is 6.07 Å². The van der Waals surface area contributed by atoms with Crippen LogP contribution in [0.15, 0.2) is 18.2 Å². The molecule has 1 aromatic carbocycles. The first kappa shape index (κ1) is 9.00. The molecule has 66 valence electrons. The van der Waals surface area contributed by atoms with Crippen molar-refractivity contribution >= 4 is 11.8 Å². The van der Waals surface area contributed by atoms with Crippen molar-refractivity contribution in [3.63, 3.8) is 0 Å². The highest BCUT2D eigenvalue weighted by Gasteiger charge is 2.05. The largest absolute Gasteiger partial charge is 0.465 e. The third kappa shape index (κ3) is 2.17. The van der Waals surface area contributed by atoms with Gasteiger partial charge in [0.2, 0.25) is 0 Å². The number of nitriles is 1. The fourth-order valence-electron chi connectivity index (χ4n) is 0.833. The molecular weight excluding hydrogens is 175 g/mol. The maximum atomic E-state index is 12.5. The van der Waals surface area contributed by atoms with Crippen LogP contribution >= 0.6 is 0 Å². The van der Waals surface area contributed by atoms with Gasteiger partial charge in [0, 0.05) is 0 Å². The summed E-state index contributed by atoms with van der Waals surface area (Å²) in [5, 5.41) is 18.8. The van der Waals surface area contributed by atoms with E-state index in [1.54, 1.807) is 6.07 Å². The Labute approximate surface area is 73.2 Å². The van der Waals surface area contributed by atoms with E-state index in [1.807, 2.05) is 5.32 Å². The molecule has 0 radical (unpaired) electrons. The fourth-order valence-corrected chi connectivity index (χ4v) is 0.833. The maximum Gasteiger partial charge on any atom is 0.409 e. The van der Waals surface area contributed by atoms with Crippen LogP contribution in [-0.2, 0) is 0 Å². The second kappa shape index (κ2) is 3.54. The fraction of sp³-hybridized carbons (Fsp3) is 0. The summed E-state index contributed by atoms with van der Waals surface area (Å²) in [6.07, 6.45) is -1.29. The Morgan fingerprint density at radius 3 is 2.85 bits per heavy atom. The molecule has 1 amide bonds. The van der Waals surface area contributed by atoms with E-state index < -0.39 is 11.9 Å². The number of halogens is 1. The third-order valence-electron chi connectivity index (χ3n) is 1.34. The lowest BCUT2D eigenvalue weighted by Crippen LogP contribution is -2.08.